The first-order valence-corrected chi connectivity index (χ1v) is 5.79. The molecule has 1 atom stereocenters. The van der Waals surface area contributed by atoms with Crippen molar-refractivity contribution in [2.75, 3.05) is 19.7 Å². The number of morpholine rings is 1. The number of aryl methyl sites for hydroxylation is 1. The Morgan fingerprint density at radius 3 is 2.79 bits per heavy atom. The Morgan fingerprint density at radius 1 is 1.42 bits per heavy atom. The Morgan fingerprint density at radius 2 is 2.16 bits per heavy atom. The molecule has 2 rings (SSSR count). The second-order valence-corrected chi connectivity index (χ2v) is 4.32. The quantitative estimate of drug-likeness (QED) is 0.765. The molecule has 1 aromatic heterocycles. The number of rotatable bonds is 2. The van der Waals surface area contributed by atoms with Crippen molar-refractivity contribution in [1.29, 1.82) is 0 Å². The molecule has 1 aliphatic rings. The largest absolute Gasteiger partial charge is 0.479 e. The van der Waals surface area contributed by atoms with Crippen molar-refractivity contribution in [1.82, 2.24) is 9.47 Å². The van der Waals surface area contributed by atoms with Crippen LogP contribution in [-0.4, -0.2) is 52.3 Å². The van der Waals surface area contributed by atoms with Gasteiger partial charge in [-0.15, -0.1) is 0 Å². The van der Waals surface area contributed by atoms with Crippen molar-refractivity contribution in [2.45, 2.75) is 6.10 Å². The van der Waals surface area contributed by atoms with Gasteiger partial charge in [0.2, 0.25) is 5.56 Å². The molecule has 0 saturated carbocycles. The molecule has 102 valence electrons. The molecule has 1 N–H and O–H groups in total. The Labute approximate surface area is 109 Å². The van der Waals surface area contributed by atoms with Gasteiger partial charge in [-0.2, -0.15) is 0 Å². The lowest BCUT2D eigenvalue weighted by molar-refractivity contribution is -0.154. The van der Waals surface area contributed by atoms with Crippen LogP contribution in [0.4, 0.5) is 0 Å². The van der Waals surface area contributed by atoms with Gasteiger partial charge in [0.25, 0.3) is 5.91 Å². The molecule has 1 aliphatic heterocycles. The van der Waals surface area contributed by atoms with Gasteiger partial charge in [-0.3, -0.25) is 9.59 Å². The maximum atomic E-state index is 12.2. The van der Waals surface area contributed by atoms with Crippen molar-refractivity contribution in [3.63, 3.8) is 0 Å². The first kappa shape index (κ1) is 13.3. The van der Waals surface area contributed by atoms with E-state index in [1.54, 1.807) is 7.05 Å². The summed E-state index contributed by atoms with van der Waals surface area (Å²) in [5, 5.41) is 8.88. The fraction of sp³-hybridized carbons (Fsp3) is 0.417. The summed E-state index contributed by atoms with van der Waals surface area (Å²) in [6.07, 6.45) is 0.445. The fourth-order valence-electron chi connectivity index (χ4n) is 1.89. The number of aromatic nitrogens is 1. The highest BCUT2D eigenvalue weighted by Gasteiger charge is 2.29. The van der Waals surface area contributed by atoms with Crippen LogP contribution < -0.4 is 5.56 Å². The number of nitrogens with zero attached hydrogens (tertiary/aromatic N) is 2. The van der Waals surface area contributed by atoms with Gasteiger partial charge in [0.15, 0.2) is 6.10 Å². The summed E-state index contributed by atoms with van der Waals surface area (Å²) in [5.41, 5.74) is 0.148. The Balaban J connectivity index is 2.16. The van der Waals surface area contributed by atoms with Gasteiger partial charge < -0.3 is 19.3 Å². The molecule has 0 spiro atoms. The topological polar surface area (TPSA) is 88.8 Å². The SMILES string of the molecule is Cn1cc(C(=O)N2CCO[C@@H](C(=O)O)C2)ccc1=O. The first-order chi connectivity index (χ1) is 8.99. The van der Waals surface area contributed by atoms with Gasteiger partial charge in [-0.05, 0) is 6.07 Å². The maximum absolute atomic E-state index is 12.2. The molecular weight excluding hydrogens is 252 g/mol. The number of carboxylic acids is 1. The van der Waals surface area contributed by atoms with E-state index in [0.29, 0.717) is 12.1 Å². The van der Waals surface area contributed by atoms with Crippen LogP contribution in [-0.2, 0) is 16.6 Å². The van der Waals surface area contributed by atoms with Crippen molar-refractivity contribution in [3.05, 3.63) is 34.2 Å². The normalized spacial score (nSPS) is 19.2. The molecule has 0 aromatic carbocycles. The summed E-state index contributed by atoms with van der Waals surface area (Å²) >= 11 is 0. The van der Waals surface area contributed by atoms with E-state index in [2.05, 4.69) is 0 Å². The van der Waals surface area contributed by atoms with E-state index < -0.39 is 12.1 Å². The standard InChI is InChI=1S/C12H14N2O5/c1-13-6-8(2-3-10(13)15)11(16)14-4-5-19-9(7-14)12(17)18/h2-3,6,9H,4-5,7H2,1H3,(H,17,18)/t9-/m1/s1. The zero-order valence-electron chi connectivity index (χ0n) is 10.4. The third-order valence-corrected chi connectivity index (χ3v) is 2.96. The maximum Gasteiger partial charge on any atom is 0.334 e. The zero-order chi connectivity index (χ0) is 14.0. The summed E-state index contributed by atoms with van der Waals surface area (Å²) in [6.45, 7) is 0.539. The Hall–Kier alpha value is -2.15. The third kappa shape index (κ3) is 2.82. The van der Waals surface area contributed by atoms with Crippen LogP contribution in [0.25, 0.3) is 0 Å². The van der Waals surface area contributed by atoms with Crippen LogP contribution >= 0.6 is 0 Å². The number of pyridine rings is 1. The van der Waals surface area contributed by atoms with E-state index in [4.69, 9.17) is 9.84 Å². The summed E-state index contributed by atoms with van der Waals surface area (Å²) in [6, 6.07) is 2.75. The first-order valence-electron chi connectivity index (χ1n) is 5.79. The summed E-state index contributed by atoms with van der Waals surface area (Å²) in [5.74, 6) is -1.39. The number of hydrogen-bond donors (Lipinski definition) is 1. The second kappa shape index (κ2) is 5.23. The van der Waals surface area contributed by atoms with Gasteiger partial charge in [0.1, 0.15) is 0 Å². The lowest BCUT2D eigenvalue weighted by Gasteiger charge is -2.30. The summed E-state index contributed by atoms with van der Waals surface area (Å²) in [4.78, 5) is 35.7. The molecular formula is C12H14N2O5. The molecule has 7 heteroatoms. The zero-order valence-corrected chi connectivity index (χ0v) is 10.4. The average molecular weight is 266 g/mol. The van der Waals surface area contributed by atoms with E-state index in [-0.39, 0.29) is 24.6 Å². The molecule has 1 fully saturated rings. The van der Waals surface area contributed by atoms with Gasteiger partial charge in [-0.25, -0.2) is 4.79 Å². The molecule has 2 heterocycles. The number of hydrogen-bond acceptors (Lipinski definition) is 4. The van der Waals surface area contributed by atoms with Crippen LogP contribution in [0.1, 0.15) is 10.4 Å². The monoisotopic (exact) mass is 266 g/mol. The van der Waals surface area contributed by atoms with Crippen LogP contribution in [0.3, 0.4) is 0 Å². The van der Waals surface area contributed by atoms with Crippen LogP contribution in [0.2, 0.25) is 0 Å². The smallest absolute Gasteiger partial charge is 0.334 e. The number of carbonyl (C=O) groups is 2. The van der Waals surface area contributed by atoms with Crippen molar-refractivity contribution >= 4 is 11.9 Å². The molecule has 0 radical (unpaired) electrons. The van der Waals surface area contributed by atoms with E-state index in [1.165, 1.54) is 27.8 Å². The Bertz CT molecular complexity index is 565. The molecule has 19 heavy (non-hydrogen) atoms. The predicted octanol–water partition coefficient (Wildman–Crippen LogP) is -0.689. The Kier molecular flexibility index (Phi) is 3.66. The second-order valence-electron chi connectivity index (χ2n) is 4.32. The lowest BCUT2D eigenvalue weighted by Crippen LogP contribution is -2.48. The highest BCUT2D eigenvalue weighted by Crippen LogP contribution is 2.10. The molecule has 1 aromatic rings. The van der Waals surface area contributed by atoms with Crippen LogP contribution in [0.5, 0.6) is 0 Å². The summed E-state index contributed by atoms with van der Waals surface area (Å²) < 4.78 is 6.36. The van der Waals surface area contributed by atoms with Crippen molar-refractivity contribution < 1.29 is 19.4 Å². The highest BCUT2D eigenvalue weighted by atomic mass is 16.5. The van der Waals surface area contributed by atoms with Crippen LogP contribution in [0.15, 0.2) is 23.1 Å². The van der Waals surface area contributed by atoms with Gasteiger partial charge >= 0.3 is 5.97 Å². The molecule has 0 bridgehead atoms. The summed E-state index contributed by atoms with van der Waals surface area (Å²) in [7, 11) is 1.55. The van der Waals surface area contributed by atoms with Gasteiger partial charge in [-0.1, -0.05) is 0 Å². The van der Waals surface area contributed by atoms with E-state index in [1.807, 2.05) is 0 Å². The van der Waals surface area contributed by atoms with Gasteiger partial charge in [0.05, 0.1) is 18.7 Å². The molecule has 1 amide bonds. The minimum atomic E-state index is -1.09. The molecule has 0 aliphatic carbocycles. The number of aliphatic carboxylic acids is 1. The molecule has 7 nitrogen and oxygen atoms in total. The fourth-order valence-corrected chi connectivity index (χ4v) is 1.89. The number of carboxylic acid groups (broad SMARTS) is 1. The van der Waals surface area contributed by atoms with Crippen molar-refractivity contribution in [2.24, 2.45) is 7.05 Å². The van der Waals surface area contributed by atoms with E-state index in [0.717, 1.165) is 0 Å². The third-order valence-electron chi connectivity index (χ3n) is 2.96. The number of amides is 1. The predicted molar refractivity (Wildman–Crippen MR) is 65.0 cm³/mol. The van der Waals surface area contributed by atoms with Gasteiger partial charge in [0, 0.05) is 25.9 Å². The number of ether oxygens (including phenoxy) is 1. The minimum absolute atomic E-state index is 0.0109. The number of carbonyl (C=O) groups excluding carboxylic acids is 1. The molecule has 1 saturated heterocycles. The lowest BCUT2D eigenvalue weighted by atomic mass is 10.2. The highest BCUT2D eigenvalue weighted by molar-refractivity contribution is 5.94. The van der Waals surface area contributed by atoms with E-state index >= 15 is 0 Å². The van der Waals surface area contributed by atoms with Crippen LogP contribution in [0, 0.1) is 0 Å². The molecule has 0 unspecified atom stereocenters. The minimum Gasteiger partial charge on any atom is -0.479 e. The van der Waals surface area contributed by atoms with Crippen molar-refractivity contribution in [3.8, 4) is 0 Å². The average Bonchev–Trinajstić information content (AvgIpc) is 2.41. The van der Waals surface area contributed by atoms with E-state index in [9.17, 15) is 14.4 Å².